The normalized spacial score (nSPS) is 18.0. The van der Waals surface area contributed by atoms with E-state index in [2.05, 4.69) is 39.2 Å². The molecule has 0 saturated heterocycles. The molecule has 5 nitrogen and oxygen atoms in total. The van der Waals surface area contributed by atoms with Gasteiger partial charge < -0.3 is 15.2 Å². The molecule has 24 heavy (non-hydrogen) atoms. The van der Waals surface area contributed by atoms with E-state index in [-0.39, 0.29) is 11.9 Å². The minimum atomic E-state index is -0.209. The van der Waals surface area contributed by atoms with E-state index in [4.69, 9.17) is 0 Å². The van der Waals surface area contributed by atoms with Gasteiger partial charge in [0.05, 0.1) is 6.04 Å². The molecule has 2 unspecified atom stereocenters. The highest BCUT2D eigenvalue weighted by molar-refractivity contribution is 5.81. The molecule has 5 heteroatoms. The lowest BCUT2D eigenvalue weighted by molar-refractivity contribution is -0.122. The average Bonchev–Trinajstić information content (AvgIpc) is 3.08. The van der Waals surface area contributed by atoms with Crippen molar-refractivity contribution in [3.8, 4) is 0 Å². The van der Waals surface area contributed by atoms with E-state index in [0.717, 1.165) is 30.9 Å². The van der Waals surface area contributed by atoms with Crippen molar-refractivity contribution < 1.29 is 4.79 Å². The largest absolute Gasteiger partial charge is 0.351 e. The summed E-state index contributed by atoms with van der Waals surface area (Å²) in [6.07, 6.45) is 6.21. The number of nitrogens with zero attached hydrogens (tertiary/aromatic N) is 2. The van der Waals surface area contributed by atoms with Gasteiger partial charge in [-0.25, -0.2) is 4.98 Å². The number of carbonyl (C=O) groups excluding carboxylic acids is 1. The van der Waals surface area contributed by atoms with E-state index in [1.165, 1.54) is 12.0 Å². The van der Waals surface area contributed by atoms with Crippen LogP contribution in [0.3, 0.4) is 0 Å². The van der Waals surface area contributed by atoms with Crippen LogP contribution < -0.4 is 10.6 Å². The Morgan fingerprint density at radius 1 is 1.42 bits per heavy atom. The maximum Gasteiger partial charge on any atom is 0.237 e. The van der Waals surface area contributed by atoms with E-state index in [9.17, 15) is 4.79 Å². The summed E-state index contributed by atoms with van der Waals surface area (Å²) in [7, 11) is 0. The molecule has 0 bridgehead atoms. The molecule has 0 spiro atoms. The third-order valence-electron chi connectivity index (χ3n) is 4.84. The van der Waals surface area contributed by atoms with Gasteiger partial charge in [-0.05, 0) is 37.8 Å². The van der Waals surface area contributed by atoms with Gasteiger partial charge in [-0.15, -0.1) is 0 Å². The van der Waals surface area contributed by atoms with Crippen molar-refractivity contribution in [1.82, 2.24) is 20.2 Å². The molecular formula is C19H26N4O. The fourth-order valence-corrected chi connectivity index (χ4v) is 3.26. The number of fused-ring (bicyclic) bond motifs is 1. The summed E-state index contributed by atoms with van der Waals surface area (Å²) >= 11 is 0. The Labute approximate surface area is 143 Å². The van der Waals surface area contributed by atoms with Crippen molar-refractivity contribution in [3.05, 3.63) is 53.6 Å². The van der Waals surface area contributed by atoms with Crippen LogP contribution in [-0.4, -0.2) is 28.0 Å². The zero-order valence-corrected chi connectivity index (χ0v) is 14.5. The van der Waals surface area contributed by atoms with Crippen LogP contribution in [0.15, 0.2) is 36.7 Å². The maximum atomic E-state index is 12.3. The van der Waals surface area contributed by atoms with Crippen LogP contribution in [0.4, 0.5) is 0 Å². The first-order chi connectivity index (χ1) is 11.6. The van der Waals surface area contributed by atoms with Crippen molar-refractivity contribution in [1.29, 1.82) is 0 Å². The summed E-state index contributed by atoms with van der Waals surface area (Å²) < 4.78 is 2.22. The van der Waals surface area contributed by atoms with E-state index in [1.54, 1.807) is 0 Å². The van der Waals surface area contributed by atoms with Gasteiger partial charge in [0.25, 0.3) is 0 Å². The van der Waals surface area contributed by atoms with Gasteiger partial charge in [0.15, 0.2) is 0 Å². The van der Waals surface area contributed by atoms with E-state index in [1.807, 2.05) is 31.5 Å². The molecule has 1 aromatic heterocycles. The van der Waals surface area contributed by atoms with Crippen molar-refractivity contribution in [3.63, 3.8) is 0 Å². The first-order valence-corrected chi connectivity index (χ1v) is 8.72. The average molecular weight is 326 g/mol. The molecule has 128 valence electrons. The monoisotopic (exact) mass is 326 g/mol. The van der Waals surface area contributed by atoms with Gasteiger partial charge in [0.1, 0.15) is 5.82 Å². The summed E-state index contributed by atoms with van der Waals surface area (Å²) in [5.74, 6) is 1.57. The number of aromatic nitrogens is 2. The molecule has 3 rings (SSSR count). The quantitative estimate of drug-likeness (QED) is 0.857. The fourth-order valence-electron chi connectivity index (χ4n) is 3.26. The molecule has 1 aliphatic rings. The van der Waals surface area contributed by atoms with Gasteiger partial charge in [-0.3, -0.25) is 4.79 Å². The van der Waals surface area contributed by atoms with Crippen molar-refractivity contribution in [2.24, 2.45) is 0 Å². The van der Waals surface area contributed by atoms with Crippen LogP contribution in [-0.2, 0) is 17.9 Å². The summed E-state index contributed by atoms with van der Waals surface area (Å²) in [4.78, 5) is 16.8. The number of rotatable bonds is 6. The molecule has 1 amide bonds. The summed E-state index contributed by atoms with van der Waals surface area (Å²) in [6.45, 7) is 6.40. The minimum Gasteiger partial charge on any atom is -0.351 e. The topological polar surface area (TPSA) is 59.0 Å². The van der Waals surface area contributed by atoms with Gasteiger partial charge in [0.2, 0.25) is 5.91 Å². The van der Waals surface area contributed by atoms with Gasteiger partial charge >= 0.3 is 0 Å². The van der Waals surface area contributed by atoms with Crippen LogP contribution in [0.2, 0.25) is 0 Å². The van der Waals surface area contributed by atoms with Gasteiger partial charge in [-0.1, -0.05) is 24.3 Å². The minimum absolute atomic E-state index is 0.0393. The fraction of sp³-hybridized carbons (Fsp3) is 0.474. The summed E-state index contributed by atoms with van der Waals surface area (Å²) in [5.41, 5.74) is 2.36. The molecule has 0 aliphatic carbocycles. The molecule has 0 fully saturated rings. The second-order valence-corrected chi connectivity index (χ2v) is 6.59. The zero-order valence-electron chi connectivity index (χ0n) is 14.5. The Kier molecular flexibility index (Phi) is 5.30. The van der Waals surface area contributed by atoms with Crippen LogP contribution >= 0.6 is 0 Å². The SMILES string of the molecule is Cc1ccccc1CNC(=O)C(C)NCC1CCCn2ccnc21. The van der Waals surface area contributed by atoms with Gasteiger partial charge in [-0.2, -0.15) is 0 Å². The second-order valence-electron chi connectivity index (χ2n) is 6.59. The second kappa shape index (κ2) is 7.62. The molecule has 1 aromatic carbocycles. The number of nitrogens with one attached hydrogen (secondary N) is 2. The van der Waals surface area contributed by atoms with Gasteiger partial charge in [0, 0.05) is 37.9 Å². The number of amides is 1. The first kappa shape index (κ1) is 16.7. The molecule has 0 saturated carbocycles. The highest BCUT2D eigenvalue weighted by Crippen LogP contribution is 2.24. The highest BCUT2D eigenvalue weighted by atomic mass is 16.2. The third-order valence-corrected chi connectivity index (χ3v) is 4.84. The Morgan fingerprint density at radius 3 is 3.08 bits per heavy atom. The smallest absolute Gasteiger partial charge is 0.237 e. The number of hydrogen-bond donors (Lipinski definition) is 2. The lowest BCUT2D eigenvalue weighted by Gasteiger charge is -2.25. The van der Waals surface area contributed by atoms with Crippen molar-refractivity contribution >= 4 is 5.91 Å². The summed E-state index contributed by atoms with van der Waals surface area (Å²) in [6, 6.07) is 7.92. The number of carbonyl (C=O) groups is 1. The van der Waals surface area contributed by atoms with E-state index in [0.29, 0.717) is 12.5 Å². The van der Waals surface area contributed by atoms with Crippen LogP contribution in [0.25, 0.3) is 0 Å². The van der Waals surface area contributed by atoms with E-state index < -0.39 is 0 Å². The lowest BCUT2D eigenvalue weighted by Crippen LogP contribution is -2.43. The van der Waals surface area contributed by atoms with Crippen LogP contribution in [0, 0.1) is 6.92 Å². The summed E-state index contributed by atoms with van der Waals surface area (Å²) in [5, 5.41) is 6.39. The van der Waals surface area contributed by atoms with Crippen LogP contribution in [0.5, 0.6) is 0 Å². The van der Waals surface area contributed by atoms with Crippen molar-refractivity contribution in [2.45, 2.75) is 51.7 Å². The first-order valence-electron chi connectivity index (χ1n) is 8.72. The standard InChI is InChI=1S/C19H26N4O/c1-14-6-3-4-7-16(14)12-22-19(24)15(2)21-13-17-8-5-10-23-11-9-20-18(17)23/h3-4,6-7,9,11,15,17,21H,5,8,10,12-13H2,1-2H3,(H,22,24). The maximum absolute atomic E-state index is 12.3. The predicted molar refractivity (Wildman–Crippen MR) is 94.7 cm³/mol. The predicted octanol–water partition coefficient (Wildman–Crippen LogP) is 2.36. The molecule has 1 aliphatic heterocycles. The molecular weight excluding hydrogens is 300 g/mol. The van der Waals surface area contributed by atoms with Crippen LogP contribution in [0.1, 0.15) is 42.6 Å². The third kappa shape index (κ3) is 3.85. The molecule has 2 atom stereocenters. The zero-order chi connectivity index (χ0) is 16.9. The number of aryl methyl sites for hydroxylation is 2. The highest BCUT2D eigenvalue weighted by Gasteiger charge is 2.22. The Hall–Kier alpha value is -2.14. The number of benzene rings is 1. The Balaban J connectivity index is 1.48. The number of hydrogen-bond acceptors (Lipinski definition) is 3. The Morgan fingerprint density at radius 2 is 2.25 bits per heavy atom. The number of imidazole rings is 1. The Bertz CT molecular complexity index is 694. The molecule has 0 radical (unpaired) electrons. The van der Waals surface area contributed by atoms with Crippen molar-refractivity contribution in [2.75, 3.05) is 6.54 Å². The molecule has 2 heterocycles. The van der Waals surface area contributed by atoms with E-state index >= 15 is 0 Å². The lowest BCUT2D eigenvalue weighted by atomic mass is 9.98. The molecule has 2 N–H and O–H groups in total. The molecule has 2 aromatic rings.